The fourth-order valence-electron chi connectivity index (χ4n) is 3.23. The van der Waals surface area contributed by atoms with Crippen molar-refractivity contribution in [1.29, 1.82) is 0 Å². The Balaban J connectivity index is 1.79. The maximum Gasteiger partial charge on any atom is 0.200 e. The largest absolute Gasteiger partial charge is 0.505 e. The molecule has 3 rings (SSSR count). The summed E-state index contributed by atoms with van der Waals surface area (Å²) in [5.74, 6) is 0.0723. The van der Waals surface area contributed by atoms with Crippen molar-refractivity contribution in [3.8, 4) is 11.4 Å². The highest BCUT2D eigenvalue weighted by molar-refractivity contribution is 7.26. The molecule has 2 aromatic carbocycles. The van der Waals surface area contributed by atoms with E-state index in [1.165, 1.54) is 4.80 Å². The molecule has 0 saturated heterocycles. The van der Waals surface area contributed by atoms with Gasteiger partial charge in [0.1, 0.15) is 35.6 Å². The number of aromatic hydroxyl groups is 1. The van der Waals surface area contributed by atoms with Gasteiger partial charge in [-0.1, -0.05) is 18.2 Å². The quantitative estimate of drug-likeness (QED) is 0.256. The van der Waals surface area contributed by atoms with Gasteiger partial charge in [0.25, 0.3) is 0 Å². The first-order chi connectivity index (χ1) is 14.3. The molecule has 0 bridgehead atoms. The second kappa shape index (κ2) is 9.81. The van der Waals surface area contributed by atoms with Crippen molar-refractivity contribution in [3.05, 3.63) is 47.5 Å². The fourth-order valence-corrected chi connectivity index (χ4v) is 3.61. The molecule has 3 unspecified atom stereocenters. The number of aryl methyl sites for hydroxylation is 1. The monoisotopic (exact) mass is 433 g/mol. The highest BCUT2D eigenvalue weighted by atomic mass is 31.1. The van der Waals surface area contributed by atoms with E-state index in [9.17, 15) is 10.2 Å². The highest BCUT2D eigenvalue weighted by Crippen LogP contribution is 2.29. The predicted molar refractivity (Wildman–Crippen MR) is 117 cm³/mol. The van der Waals surface area contributed by atoms with E-state index in [0.29, 0.717) is 31.0 Å². The molecule has 1 heterocycles. The Hall–Kier alpha value is -2.09. The van der Waals surface area contributed by atoms with Gasteiger partial charge in [0.15, 0.2) is 14.8 Å². The molecule has 162 valence electrons. The molecule has 3 N–H and O–H groups in total. The maximum absolute atomic E-state index is 11.1. The zero-order valence-electron chi connectivity index (χ0n) is 17.8. The molecule has 0 saturated carbocycles. The summed E-state index contributed by atoms with van der Waals surface area (Å²) in [6.45, 7) is 7.34. The van der Waals surface area contributed by atoms with Gasteiger partial charge in [-0.25, -0.2) is 0 Å². The van der Waals surface area contributed by atoms with E-state index < -0.39 is 5.72 Å². The summed E-state index contributed by atoms with van der Waals surface area (Å²) in [5.41, 5.74) is 2.51. The molecule has 0 fully saturated rings. The number of benzene rings is 2. The van der Waals surface area contributed by atoms with Gasteiger partial charge in [-0.15, -0.1) is 15.0 Å². The van der Waals surface area contributed by atoms with Crippen molar-refractivity contribution in [2.45, 2.75) is 32.9 Å². The van der Waals surface area contributed by atoms with E-state index in [4.69, 9.17) is 9.05 Å². The van der Waals surface area contributed by atoms with Crippen LogP contribution in [0, 0.1) is 6.92 Å². The van der Waals surface area contributed by atoms with Gasteiger partial charge in [-0.3, -0.25) is 0 Å². The van der Waals surface area contributed by atoms with E-state index in [0.717, 1.165) is 21.5 Å². The lowest BCUT2D eigenvalue weighted by atomic mass is 9.99. The summed E-state index contributed by atoms with van der Waals surface area (Å²) in [7, 11) is 1.92. The summed E-state index contributed by atoms with van der Waals surface area (Å²) >= 11 is 0. The normalized spacial score (nSPS) is 15.1. The maximum atomic E-state index is 11.1. The first-order valence-corrected chi connectivity index (χ1v) is 10.8. The Morgan fingerprint density at radius 2 is 1.83 bits per heavy atom. The zero-order valence-corrected chi connectivity index (χ0v) is 18.8. The van der Waals surface area contributed by atoms with Crippen molar-refractivity contribution >= 4 is 20.1 Å². The molecular weight excluding hydrogens is 403 g/mol. The Morgan fingerprint density at radius 3 is 2.47 bits per heavy atom. The summed E-state index contributed by atoms with van der Waals surface area (Å²) < 4.78 is 10.6. The topological polar surface area (TPSA) is 94.1 Å². The van der Waals surface area contributed by atoms with Crippen LogP contribution in [0.5, 0.6) is 5.75 Å². The van der Waals surface area contributed by atoms with Crippen molar-refractivity contribution < 1.29 is 24.2 Å². The number of hydrogen-bond acceptors (Lipinski definition) is 6. The molecule has 0 aliphatic carbocycles. The number of aromatic nitrogens is 3. The summed E-state index contributed by atoms with van der Waals surface area (Å²) in [6, 6.07) is 11.3. The Kier molecular flexibility index (Phi) is 7.39. The van der Waals surface area contributed by atoms with Crippen LogP contribution in [-0.2, 0) is 15.5 Å². The minimum absolute atomic E-state index is 0.0110. The lowest BCUT2D eigenvalue weighted by Crippen LogP contribution is -3.18. The van der Waals surface area contributed by atoms with Crippen LogP contribution < -0.4 is 4.90 Å². The molecular formula is C21H30N4O4P+. The first kappa shape index (κ1) is 22.6. The summed E-state index contributed by atoms with van der Waals surface area (Å²) in [4.78, 5) is 2.33. The average molecular weight is 433 g/mol. The number of phenolic OH excluding ortho intramolecular Hbond substituents is 1. The van der Waals surface area contributed by atoms with Gasteiger partial charge in [-0.2, -0.15) is 0 Å². The minimum Gasteiger partial charge on any atom is -0.505 e. The van der Waals surface area contributed by atoms with E-state index in [1.807, 2.05) is 57.3 Å². The number of phenols is 1. The third kappa shape index (κ3) is 5.33. The number of hydrogen-bond donors (Lipinski definition) is 3. The Bertz CT molecular complexity index is 959. The molecule has 8 nitrogen and oxygen atoms in total. The van der Waals surface area contributed by atoms with E-state index in [1.54, 1.807) is 6.92 Å². The lowest BCUT2D eigenvalue weighted by Gasteiger charge is -2.31. The molecule has 0 aliphatic rings. The van der Waals surface area contributed by atoms with Gasteiger partial charge in [0.2, 0.25) is 0 Å². The van der Waals surface area contributed by atoms with Gasteiger partial charge < -0.3 is 24.2 Å². The molecule has 1 aromatic heterocycles. The van der Waals surface area contributed by atoms with Gasteiger partial charge in [-0.05, 0) is 37.6 Å². The van der Waals surface area contributed by atoms with Gasteiger partial charge in [0.05, 0.1) is 20.1 Å². The number of likely N-dealkylation sites (N-methyl/N-ethyl adjacent to an activating group) is 1. The minimum atomic E-state index is -1.09. The molecule has 0 amide bonds. The Morgan fingerprint density at radius 1 is 1.17 bits per heavy atom. The third-order valence-electron chi connectivity index (χ3n) is 5.11. The molecule has 3 atom stereocenters. The molecule has 0 spiro atoms. The van der Waals surface area contributed by atoms with Crippen LogP contribution in [0.25, 0.3) is 16.7 Å². The van der Waals surface area contributed by atoms with E-state index in [2.05, 4.69) is 10.2 Å². The summed E-state index contributed by atoms with van der Waals surface area (Å²) in [6.07, 6.45) is 0.272. The van der Waals surface area contributed by atoms with Gasteiger partial charge >= 0.3 is 0 Å². The molecule has 30 heavy (non-hydrogen) atoms. The molecule has 3 aromatic rings. The second-order valence-corrected chi connectivity index (χ2v) is 8.36. The molecule has 0 aliphatic heterocycles. The molecule has 9 heteroatoms. The average Bonchev–Trinajstić information content (AvgIpc) is 3.14. The zero-order chi connectivity index (χ0) is 21.7. The number of fused-ring (bicyclic) bond motifs is 1. The van der Waals surface area contributed by atoms with Crippen molar-refractivity contribution in [2.24, 2.45) is 0 Å². The van der Waals surface area contributed by atoms with Crippen molar-refractivity contribution in [2.75, 3.05) is 26.8 Å². The van der Waals surface area contributed by atoms with Crippen molar-refractivity contribution in [1.82, 2.24) is 15.0 Å². The van der Waals surface area contributed by atoms with Crippen LogP contribution in [-0.4, -0.2) is 57.7 Å². The number of nitrogens with one attached hydrogen (secondary N) is 1. The number of aliphatic hydroxyl groups is 1. The number of quaternary nitrogens is 1. The molecule has 0 radical (unpaired) electrons. The predicted octanol–water partition coefficient (Wildman–Crippen LogP) is 1.76. The van der Waals surface area contributed by atoms with Crippen LogP contribution in [0.1, 0.15) is 25.0 Å². The first-order valence-electron chi connectivity index (χ1n) is 10.0. The smallest absolute Gasteiger partial charge is 0.200 e. The number of rotatable bonds is 10. The van der Waals surface area contributed by atoms with Crippen LogP contribution in [0.2, 0.25) is 0 Å². The third-order valence-corrected chi connectivity index (χ3v) is 5.84. The summed E-state index contributed by atoms with van der Waals surface area (Å²) in [5, 5.41) is 31.0. The second-order valence-electron chi connectivity index (χ2n) is 7.62. The van der Waals surface area contributed by atoms with Crippen LogP contribution in [0.4, 0.5) is 0 Å². The lowest BCUT2D eigenvalue weighted by molar-refractivity contribution is -0.958. The van der Waals surface area contributed by atoms with Crippen molar-refractivity contribution in [3.63, 3.8) is 0 Å². The fraction of sp³-hybridized carbons (Fsp3) is 0.429. The SMILES string of the molecule is CCOPOCC[NH+](C)C(C)(O)Cc1cc(C)cc(-n2nc3ccccc3n2)c1O. The van der Waals surface area contributed by atoms with Crippen LogP contribution in [0.15, 0.2) is 36.4 Å². The standard InChI is InChI=1S/C21H29N4O4P/c1-5-28-30-29-11-10-24(4)21(3,27)14-16-12-15(2)13-19(20(16)26)25-22-17-8-6-7-9-18(17)23-25/h6-9,12-13,26-27,30H,5,10-11,14H2,1-4H3/p+1. The highest BCUT2D eigenvalue weighted by Gasteiger charge is 2.32. The Labute approximate surface area is 178 Å². The van der Waals surface area contributed by atoms with Crippen LogP contribution in [0.3, 0.4) is 0 Å². The van der Waals surface area contributed by atoms with Crippen LogP contribution >= 0.6 is 9.03 Å². The van der Waals surface area contributed by atoms with E-state index >= 15 is 0 Å². The van der Waals surface area contributed by atoms with E-state index in [-0.39, 0.29) is 21.2 Å². The van der Waals surface area contributed by atoms with Gasteiger partial charge in [0, 0.05) is 12.5 Å². The number of nitrogens with zero attached hydrogens (tertiary/aromatic N) is 3.